The summed E-state index contributed by atoms with van der Waals surface area (Å²) in [6.45, 7) is 2.17. The second kappa shape index (κ2) is 2.88. The monoisotopic (exact) mass is 165 g/mol. The lowest BCUT2D eigenvalue weighted by molar-refractivity contribution is 0.333. The number of rotatable bonds is 2. The van der Waals surface area contributed by atoms with Crippen LogP contribution >= 0.6 is 0 Å². The van der Waals surface area contributed by atoms with E-state index in [9.17, 15) is 0 Å². The predicted octanol–water partition coefficient (Wildman–Crippen LogP) is 2.47. The van der Waals surface area contributed by atoms with E-state index in [4.69, 9.17) is 5.73 Å². The number of allylic oxidation sites excluding steroid dienone is 1. The number of hydrogen-bond donors (Lipinski definition) is 1. The Balaban J connectivity index is 2.07. The number of hydrogen-bond acceptors (Lipinski definition) is 1. The van der Waals surface area contributed by atoms with E-state index in [0.717, 1.165) is 18.3 Å². The average Bonchev–Trinajstić information content (AvgIpc) is 2.60. The number of nitrogens with two attached hydrogens (primary N) is 1. The minimum absolute atomic E-state index is 0.0823. The van der Waals surface area contributed by atoms with Crippen molar-refractivity contribution in [1.82, 2.24) is 0 Å². The zero-order valence-corrected chi connectivity index (χ0v) is 7.92. The Kier molecular flexibility index (Phi) is 1.99. The fourth-order valence-corrected chi connectivity index (χ4v) is 2.96. The molecule has 0 aliphatic heterocycles. The van der Waals surface area contributed by atoms with Gasteiger partial charge in [-0.05, 0) is 37.5 Å². The summed E-state index contributed by atoms with van der Waals surface area (Å²) in [6.07, 6.45) is 11.1. The van der Waals surface area contributed by atoms with Crippen LogP contribution in [0.25, 0.3) is 0 Å². The van der Waals surface area contributed by atoms with E-state index in [-0.39, 0.29) is 5.54 Å². The van der Waals surface area contributed by atoms with Crippen LogP contribution in [0.5, 0.6) is 0 Å². The van der Waals surface area contributed by atoms with Crippen molar-refractivity contribution in [2.45, 2.75) is 44.6 Å². The summed E-state index contributed by atoms with van der Waals surface area (Å²) in [4.78, 5) is 0. The van der Waals surface area contributed by atoms with Crippen molar-refractivity contribution in [2.24, 2.45) is 17.6 Å². The van der Waals surface area contributed by atoms with Gasteiger partial charge in [0.1, 0.15) is 0 Å². The second-order valence-electron chi connectivity index (χ2n) is 4.50. The molecule has 2 aliphatic carbocycles. The highest BCUT2D eigenvalue weighted by Gasteiger charge is 2.46. The quantitative estimate of drug-likeness (QED) is 0.625. The first-order valence-corrected chi connectivity index (χ1v) is 5.21. The van der Waals surface area contributed by atoms with Crippen molar-refractivity contribution in [1.29, 1.82) is 0 Å². The van der Waals surface area contributed by atoms with E-state index in [1.54, 1.807) is 0 Å². The molecule has 0 aromatic heterocycles. The Bertz CT molecular complexity index is 197. The Morgan fingerprint density at radius 1 is 1.50 bits per heavy atom. The largest absolute Gasteiger partial charge is 0.322 e. The molecule has 12 heavy (non-hydrogen) atoms. The molecule has 2 fully saturated rings. The van der Waals surface area contributed by atoms with Gasteiger partial charge in [0.2, 0.25) is 0 Å². The van der Waals surface area contributed by atoms with E-state index < -0.39 is 0 Å². The third kappa shape index (κ3) is 1.20. The van der Waals surface area contributed by atoms with Gasteiger partial charge >= 0.3 is 0 Å². The van der Waals surface area contributed by atoms with E-state index in [1.165, 1.54) is 25.7 Å². The van der Waals surface area contributed by atoms with Crippen LogP contribution in [-0.2, 0) is 0 Å². The maximum absolute atomic E-state index is 6.34. The molecule has 2 rings (SSSR count). The summed E-state index contributed by atoms with van der Waals surface area (Å²) >= 11 is 0. The first kappa shape index (κ1) is 8.31. The molecule has 0 aromatic rings. The molecule has 68 valence electrons. The van der Waals surface area contributed by atoms with E-state index in [2.05, 4.69) is 19.1 Å². The topological polar surface area (TPSA) is 26.0 Å². The molecule has 2 aliphatic rings. The van der Waals surface area contributed by atoms with Gasteiger partial charge in [0, 0.05) is 5.54 Å². The van der Waals surface area contributed by atoms with Crippen molar-refractivity contribution in [3.63, 3.8) is 0 Å². The lowest BCUT2D eigenvalue weighted by atomic mass is 9.81. The van der Waals surface area contributed by atoms with Gasteiger partial charge in [-0.2, -0.15) is 0 Å². The highest BCUT2D eigenvalue weighted by atomic mass is 14.8. The van der Waals surface area contributed by atoms with Gasteiger partial charge in [0.25, 0.3) is 0 Å². The van der Waals surface area contributed by atoms with E-state index >= 15 is 0 Å². The molecule has 0 amide bonds. The summed E-state index contributed by atoms with van der Waals surface area (Å²) < 4.78 is 0. The Hall–Kier alpha value is -0.300. The fourth-order valence-electron chi connectivity index (χ4n) is 2.96. The summed E-state index contributed by atoms with van der Waals surface area (Å²) in [7, 11) is 0. The van der Waals surface area contributed by atoms with E-state index in [0.29, 0.717) is 0 Å². The maximum Gasteiger partial charge on any atom is 0.0370 e. The Morgan fingerprint density at radius 2 is 2.33 bits per heavy atom. The summed E-state index contributed by atoms with van der Waals surface area (Å²) in [5.74, 6) is 1.74. The van der Waals surface area contributed by atoms with Gasteiger partial charge in [-0.15, -0.1) is 0 Å². The third-order valence-corrected chi connectivity index (χ3v) is 3.61. The molecule has 2 bridgehead atoms. The van der Waals surface area contributed by atoms with E-state index in [1.807, 2.05) is 0 Å². The van der Waals surface area contributed by atoms with Gasteiger partial charge in [0.15, 0.2) is 0 Å². The molecule has 1 nitrogen and oxygen atoms in total. The first-order valence-electron chi connectivity index (χ1n) is 5.21. The molecule has 1 heteroatoms. The van der Waals surface area contributed by atoms with Crippen LogP contribution in [0.15, 0.2) is 12.2 Å². The molecular formula is C11H19N. The predicted molar refractivity (Wildman–Crippen MR) is 51.8 cm³/mol. The summed E-state index contributed by atoms with van der Waals surface area (Å²) in [6, 6.07) is 0. The lowest BCUT2D eigenvalue weighted by Crippen LogP contribution is -2.42. The normalized spacial score (nSPS) is 46.2. The standard InChI is InChI=1S/C11H19N/c1-2-3-6-11(12)8-9-4-5-10(11)7-9/h3,6,9-10H,2,4-5,7-8,12H2,1H3/b6-3+. The van der Waals surface area contributed by atoms with Gasteiger partial charge < -0.3 is 5.73 Å². The van der Waals surface area contributed by atoms with Crippen molar-refractivity contribution >= 4 is 0 Å². The molecule has 0 saturated heterocycles. The minimum Gasteiger partial charge on any atom is -0.322 e. The Labute approximate surface area is 75.0 Å². The van der Waals surface area contributed by atoms with Crippen LogP contribution in [0.3, 0.4) is 0 Å². The van der Waals surface area contributed by atoms with Crippen molar-refractivity contribution in [3.8, 4) is 0 Å². The molecule has 0 heterocycles. The lowest BCUT2D eigenvalue weighted by Gasteiger charge is -2.30. The molecule has 0 radical (unpaired) electrons. The molecule has 2 N–H and O–H groups in total. The highest BCUT2D eigenvalue weighted by molar-refractivity contribution is 5.15. The molecule has 3 atom stereocenters. The molecule has 0 aromatic carbocycles. The Morgan fingerprint density at radius 3 is 2.83 bits per heavy atom. The molecular weight excluding hydrogens is 146 g/mol. The average molecular weight is 165 g/mol. The zero-order valence-electron chi connectivity index (χ0n) is 7.92. The first-order chi connectivity index (χ1) is 5.74. The maximum atomic E-state index is 6.34. The zero-order chi connectivity index (χ0) is 8.60. The van der Waals surface area contributed by atoms with Gasteiger partial charge in [-0.1, -0.05) is 25.5 Å². The van der Waals surface area contributed by atoms with Gasteiger partial charge in [-0.3, -0.25) is 0 Å². The molecule has 2 saturated carbocycles. The number of fused-ring (bicyclic) bond motifs is 2. The summed E-state index contributed by atoms with van der Waals surface area (Å²) in [5.41, 5.74) is 6.43. The van der Waals surface area contributed by atoms with Crippen LogP contribution < -0.4 is 5.73 Å². The fraction of sp³-hybridized carbons (Fsp3) is 0.818. The van der Waals surface area contributed by atoms with Crippen LogP contribution in [0.1, 0.15) is 39.0 Å². The molecule has 3 unspecified atom stereocenters. The van der Waals surface area contributed by atoms with Crippen molar-refractivity contribution in [3.05, 3.63) is 12.2 Å². The second-order valence-corrected chi connectivity index (χ2v) is 4.50. The molecule has 0 spiro atoms. The van der Waals surface area contributed by atoms with Crippen LogP contribution in [0, 0.1) is 11.8 Å². The van der Waals surface area contributed by atoms with Crippen LogP contribution in [-0.4, -0.2) is 5.54 Å². The SMILES string of the molecule is CC/C=C/C1(N)CC2CCC1C2. The summed E-state index contributed by atoms with van der Waals surface area (Å²) in [5, 5.41) is 0. The minimum atomic E-state index is 0.0823. The van der Waals surface area contributed by atoms with Crippen LogP contribution in [0.4, 0.5) is 0 Å². The van der Waals surface area contributed by atoms with Gasteiger partial charge in [0.05, 0.1) is 0 Å². The van der Waals surface area contributed by atoms with Gasteiger partial charge in [-0.25, -0.2) is 0 Å². The highest BCUT2D eigenvalue weighted by Crippen LogP contribution is 2.50. The van der Waals surface area contributed by atoms with Crippen molar-refractivity contribution < 1.29 is 0 Å². The third-order valence-electron chi connectivity index (χ3n) is 3.61. The van der Waals surface area contributed by atoms with Crippen LogP contribution in [0.2, 0.25) is 0 Å². The smallest absolute Gasteiger partial charge is 0.0370 e. The van der Waals surface area contributed by atoms with Crippen molar-refractivity contribution in [2.75, 3.05) is 0 Å².